The summed E-state index contributed by atoms with van der Waals surface area (Å²) in [4.78, 5) is 23.7. The van der Waals surface area contributed by atoms with Crippen molar-refractivity contribution in [3.8, 4) is 5.75 Å². The topological polar surface area (TPSA) is 80.6 Å². The van der Waals surface area contributed by atoms with Gasteiger partial charge in [0.1, 0.15) is 16.9 Å². The summed E-state index contributed by atoms with van der Waals surface area (Å²) in [5.41, 5.74) is 3.41. The van der Waals surface area contributed by atoms with Crippen LogP contribution in [0.2, 0.25) is 0 Å². The highest BCUT2D eigenvalue weighted by atomic mass is 16.5. The molecule has 0 aliphatic carbocycles. The average molecular weight is 388 g/mol. The fourth-order valence-electron chi connectivity index (χ4n) is 3.21. The molecule has 0 aliphatic rings. The highest BCUT2D eigenvalue weighted by Gasteiger charge is 2.15. The molecule has 0 spiro atoms. The SMILES string of the molecule is COc1cc2c(cc1NC(=O)c1ccc(CNC(C)=O)cc1)oc1ccccc12. The summed E-state index contributed by atoms with van der Waals surface area (Å²) < 4.78 is 11.4. The number of hydrogen-bond acceptors (Lipinski definition) is 4. The summed E-state index contributed by atoms with van der Waals surface area (Å²) in [6, 6.07) is 18.5. The van der Waals surface area contributed by atoms with Gasteiger partial charge in [0.25, 0.3) is 5.91 Å². The fourth-order valence-corrected chi connectivity index (χ4v) is 3.21. The Kier molecular flexibility index (Phi) is 4.91. The first-order valence-electron chi connectivity index (χ1n) is 9.19. The quantitative estimate of drug-likeness (QED) is 0.528. The second-order valence-corrected chi connectivity index (χ2v) is 6.71. The number of methoxy groups -OCH3 is 1. The number of carbonyl (C=O) groups excluding carboxylic acids is 2. The molecular weight excluding hydrogens is 368 g/mol. The number of hydrogen-bond donors (Lipinski definition) is 2. The van der Waals surface area contributed by atoms with E-state index >= 15 is 0 Å². The monoisotopic (exact) mass is 388 g/mol. The van der Waals surface area contributed by atoms with E-state index in [0.717, 1.165) is 21.9 Å². The number of anilines is 1. The maximum Gasteiger partial charge on any atom is 0.255 e. The first-order valence-corrected chi connectivity index (χ1v) is 9.19. The minimum atomic E-state index is -0.259. The van der Waals surface area contributed by atoms with Gasteiger partial charge in [0.15, 0.2) is 0 Å². The van der Waals surface area contributed by atoms with Gasteiger partial charge in [0.2, 0.25) is 5.91 Å². The number of para-hydroxylation sites is 1. The molecule has 1 heterocycles. The van der Waals surface area contributed by atoms with E-state index in [1.54, 1.807) is 25.3 Å². The van der Waals surface area contributed by atoms with Gasteiger partial charge in [0, 0.05) is 35.9 Å². The van der Waals surface area contributed by atoms with Gasteiger partial charge in [-0.1, -0.05) is 30.3 Å². The predicted octanol–water partition coefficient (Wildman–Crippen LogP) is 4.48. The summed E-state index contributed by atoms with van der Waals surface area (Å²) in [6.07, 6.45) is 0. The number of fused-ring (bicyclic) bond motifs is 3. The number of nitrogens with one attached hydrogen (secondary N) is 2. The highest BCUT2D eigenvalue weighted by molar-refractivity contribution is 6.10. The van der Waals surface area contributed by atoms with Crippen LogP contribution in [0.1, 0.15) is 22.8 Å². The van der Waals surface area contributed by atoms with Crippen LogP contribution in [0.4, 0.5) is 5.69 Å². The van der Waals surface area contributed by atoms with Crippen LogP contribution < -0.4 is 15.4 Å². The zero-order chi connectivity index (χ0) is 20.4. The Morgan fingerprint density at radius 3 is 2.45 bits per heavy atom. The Balaban J connectivity index is 1.60. The molecule has 6 heteroatoms. The van der Waals surface area contributed by atoms with Crippen LogP contribution in [-0.4, -0.2) is 18.9 Å². The number of ether oxygens (including phenoxy) is 1. The van der Waals surface area contributed by atoms with E-state index in [2.05, 4.69) is 10.6 Å². The number of furan rings is 1. The van der Waals surface area contributed by atoms with E-state index in [0.29, 0.717) is 29.1 Å². The van der Waals surface area contributed by atoms with Gasteiger partial charge in [-0.05, 0) is 29.8 Å². The average Bonchev–Trinajstić information content (AvgIpc) is 3.09. The third kappa shape index (κ3) is 3.78. The lowest BCUT2D eigenvalue weighted by molar-refractivity contribution is -0.119. The lowest BCUT2D eigenvalue weighted by Crippen LogP contribution is -2.19. The molecule has 2 amide bonds. The molecule has 146 valence electrons. The smallest absolute Gasteiger partial charge is 0.255 e. The van der Waals surface area contributed by atoms with E-state index in [1.165, 1.54) is 6.92 Å². The molecule has 0 radical (unpaired) electrons. The van der Waals surface area contributed by atoms with Gasteiger partial charge in [-0.15, -0.1) is 0 Å². The van der Waals surface area contributed by atoms with Crippen LogP contribution in [0, 0.1) is 0 Å². The number of amides is 2. The van der Waals surface area contributed by atoms with Crippen molar-refractivity contribution in [3.63, 3.8) is 0 Å². The van der Waals surface area contributed by atoms with Crippen molar-refractivity contribution in [3.05, 3.63) is 71.8 Å². The zero-order valence-corrected chi connectivity index (χ0v) is 16.1. The van der Waals surface area contributed by atoms with Crippen molar-refractivity contribution in [2.24, 2.45) is 0 Å². The van der Waals surface area contributed by atoms with Crippen molar-refractivity contribution in [1.82, 2.24) is 5.32 Å². The number of benzene rings is 3. The van der Waals surface area contributed by atoms with E-state index in [4.69, 9.17) is 9.15 Å². The Hall–Kier alpha value is -3.80. The van der Waals surface area contributed by atoms with E-state index in [9.17, 15) is 9.59 Å². The summed E-state index contributed by atoms with van der Waals surface area (Å²) in [5, 5.41) is 7.54. The molecule has 0 fully saturated rings. The summed E-state index contributed by atoms with van der Waals surface area (Å²) in [7, 11) is 1.57. The zero-order valence-electron chi connectivity index (χ0n) is 16.1. The van der Waals surface area contributed by atoms with Crippen molar-refractivity contribution < 1.29 is 18.7 Å². The van der Waals surface area contributed by atoms with Gasteiger partial charge in [-0.3, -0.25) is 9.59 Å². The molecule has 0 bridgehead atoms. The van der Waals surface area contributed by atoms with E-state index in [1.807, 2.05) is 42.5 Å². The van der Waals surface area contributed by atoms with Crippen LogP contribution in [0.3, 0.4) is 0 Å². The first-order chi connectivity index (χ1) is 14.0. The lowest BCUT2D eigenvalue weighted by atomic mass is 10.1. The summed E-state index contributed by atoms with van der Waals surface area (Å²) in [6.45, 7) is 1.89. The second-order valence-electron chi connectivity index (χ2n) is 6.71. The molecule has 0 saturated carbocycles. The van der Waals surface area contributed by atoms with E-state index in [-0.39, 0.29) is 11.8 Å². The van der Waals surface area contributed by atoms with Gasteiger partial charge in [-0.2, -0.15) is 0 Å². The molecule has 0 atom stereocenters. The molecule has 4 aromatic rings. The van der Waals surface area contributed by atoms with E-state index < -0.39 is 0 Å². The Morgan fingerprint density at radius 1 is 0.966 bits per heavy atom. The summed E-state index contributed by atoms with van der Waals surface area (Å²) in [5.74, 6) is 0.199. The van der Waals surface area contributed by atoms with Crippen molar-refractivity contribution in [2.45, 2.75) is 13.5 Å². The second kappa shape index (κ2) is 7.67. The minimum absolute atomic E-state index is 0.0973. The Bertz CT molecular complexity index is 1210. The maximum absolute atomic E-state index is 12.7. The van der Waals surface area contributed by atoms with Gasteiger partial charge >= 0.3 is 0 Å². The molecule has 3 aromatic carbocycles. The van der Waals surface area contributed by atoms with Crippen molar-refractivity contribution in [1.29, 1.82) is 0 Å². The predicted molar refractivity (Wildman–Crippen MR) is 112 cm³/mol. The fraction of sp³-hybridized carbons (Fsp3) is 0.130. The van der Waals surface area contributed by atoms with Gasteiger partial charge < -0.3 is 19.8 Å². The minimum Gasteiger partial charge on any atom is -0.495 e. The Morgan fingerprint density at radius 2 is 1.72 bits per heavy atom. The van der Waals surface area contributed by atoms with Crippen molar-refractivity contribution in [2.75, 3.05) is 12.4 Å². The van der Waals surface area contributed by atoms with Crippen molar-refractivity contribution >= 4 is 39.4 Å². The molecule has 1 aromatic heterocycles. The van der Waals surface area contributed by atoms with Crippen LogP contribution in [0.25, 0.3) is 21.9 Å². The molecule has 4 rings (SSSR count). The molecule has 29 heavy (non-hydrogen) atoms. The highest BCUT2D eigenvalue weighted by Crippen LogP contribution is 2.36. The number of rotatable bonds is 5. The third-order valence-electron chi connectivity index (χ3n) is 4.70. The molecule has 6 nitrogen and oxygen atoms in total. The number of carbonyl (C=O) groups is 2. The van der Waals surface area contributed by atoms with Gasteiger partial charge in [-0.25, -0.2) is 0 Å². The first kappa shape index (κ1) is 18.6. The summed E-state index contributed by atoms with van der Waals surface area (Å²) >= 11 is 0. The molecule has 0 unspecified atom stereocenters. The molecule has 0 aliphatic heterocycles. The maximum atomic E-state index is 12.7. The lowest BCUT2D eigenvalue weighted by Gasteiger charge is -2.11. The van der Waals surface area contributed by atoms with Crippen LogP contribution in [0.5, 0.6) is 5.75 Å². The van der Waals surface area contributed by atoms with Crippen LogP contribution >= 0.6 is 0 Å². The molecule has 0 saturated heterocycles. The van der Waals surface area contributed by atoms with Gasteiger partial charge in [0.05, 0.1) is 12.8 Å². The molecule has 2 N–H and O–H groups in total. The van der Waals surface area contributed by atoms with Crippen LogP contribution in [0.15, 0.2) is 65.1 Å². The Labute approximate surface area is 167 Å². The molecular formula is C23H20N2O4. The van der Waals surface area contributed by atoms with Crippen LogP contribution in [-0.2, 0) is 11.3 Å². The normalized spacial score (nSPS) is 10.8. The largest absolute Gasteiger partial charge is 0.495 e. The standard InChI is InChI=1S/C23H20N2O4/c1-14(26)24-13-15-7-9-16(10-8-15)23(27)25-19-12-21-18(11-22(19)28-2)17-5-3-4-6-20(17)29-21/h3-12H,13H2,1-2H3,(H,24,26)(H,25,27). The third-order valence-corrected chi connectivity index (χ3v) is 4.70.